The van der Waals surface area contributed by atoms with Crippen molar-refractivity contribution in [2.24, 2.45) is 0 Å². The Morgan fingerprint density at radius 2 is 2.12 bits per heavy atom. The largest absolute Gasteiger partial charge is 0.376 e. The van der Waals surface area contributed by atoms with Crippen LogP contribution in [0, 0.1) is 13.8 Å². The lowest BCUT2D eigenvalue weighted by Gasteiger charge is -2.18. The number of aryl methyl sites for hydroxylation is 2. The van der Waals surface area contributed by atoms with E-state index >= 15 is 0 Å². The predicted molar refractivity (Wildman–Crippen MR) is 74.7 cm³/mol. The van der Waals surface area contributed by atoms with Gasteiger partial charge in [0.15, 0.2) is 0 Å². The molecule has 0 saturated heterocycles. The quantitative estimate of drug-likeness (QED) is 0.869. The second-order valence-corrected chi connectivity index (χ2v) is 5.19. The molecule has 0 aromatic carbocycles. The standard InChI is InChI=1S/C14H18N2S/c1-4-12(14-6-5-9-17-14)16-13-8-7-10(2)15-11(13)3/h5-9,12,16H,4H2,1-3H3. The van der Waals surface area contributed by atoms with Crippen molar-refractivity contribution in [2.45, 2.75) is 33.2 Å². The number of rotatable bonds is 4. The van der Waals surface area contributed by atoms with E-state index in [0.717, 1.165) is 23.5 Å². The molecule has 0 aliphatic heterocycles. The van der Waals surface area contributed by atoms with Crippen LogP contribution in [-0.4, -0.2) is 4.98 Å². The highest BCUT2D eigenvalue weighted by atomic mass is 32.1. The van der Waals surface area contributed by atoms with E-state index in [-0.39, 0.29) is 0 Å². The van der Waals surface area contributed by atoms with E-state index in [4.69, 9.17) is 0 Å². The Morgan fingerprint density at radius 3 is 2.71 bits per heavy atom. The van der Waals surface area contributed by atoms with Gasteiger partial charge in [-0.3, -0.25) is 4.98 Å². The Kier molecular flexibility index (Phi) is 3.79. The van der Waals surface area contributed by atoms with Crippen LogP contribution in [0.5, 0.6) is 0 Å². The molecule has 0 aliphatic carbocycles. The lowest BCUT2D eigenvalue weighted by atomic mass is 10.1. The first kappa shape index (κ1) is 12.1. The van der Waals surface area contributed by atoms with Crippen LogP contribution in [-0.2, 0) is 0 Å². The number of nitrogens with zero attached hydrogens (tertiary/aromatic N) is 1. The first-order chi connectivity index (χ1) is 8.20. The van der Waals surface area contributed by atoms with E-state index in [0.29, 0.717) is 6.04 Å². The third-order valence-electron chi connectivity index (χ3n) is 2.85. The van der Waals surface area contributed by atoms with Crippen molar-refractivity contribution in [3.63, 3.8) is 0 Å². The van der Waals surface area contributed by atoms with Gasteiger partial charge in [-0.2, -0.15) is 0 Å². The van der Waals surface area contributed by atoms with E-state index in [9.17, 15) is 0 Å². The molecule has 3 heteroatoms. The van der Waals surface area contributed by atoms with Gasteiger partial charge in [0.2, 0.25) is 0 Å². The number of nitrogens with one attached hydrogen (secondary N) is 1. The minimum atomic E-state index is 0.387. The molecule has 2 aromatic heterocycles. The third kappa shape index (κ3) is 2.86. The van der Waals surface area contributed by atoms with Crippen molar-refractivity contribution in [1.82, 2.24) is 4.98 Å². The summed E-state index contributed by atoms with van der Waals surface area (Å²) in [6.45, 7) is 6.28. The minimum absolute atomic E-state index is 0.387. The monoisotopic (exact) mass is 246 g/mol. The van der Waals surface area contributed by atoms with Gasteiger partial charge in [-0.15, -0.1) is 11.3 Å². The van der Waals surface area contributed by atoms with E-state index < -0.39 is 0 Å². The average Bonchev–Trinajstić information content (AvgIpc) is 2.81. The minimum Gasteiger partial charge on any atom is -0.376 e. The van der Waals surface area contributed by atoms with Gasteiger partial charge in [0.25, 0.3) is 0 Å². The molecule has 0 amide bonds. The molecule has 90 valence electrons. The molecule has 17 heavy (non-hydrogen) atoms. The molecule has 2 nitrogen and oxygen atoms in total. The molecule has 2 heterocycles. The van der Waals surface area contributed by atoms with Crippen molar-refractivity contribution in [3.8, 4) is 0 Å². The summed E-state index contributed by atoms with van der Waals surface area (Å²) in [6, 6.07) is 8.84. The highest BCUT2D eigenvalue weighted by Crippen LogP contribution is 2.27. The van der Waals surface area contributed by atoms with Crippen molar-refractivity contribution >= 4 is 17.0 Å². The molecule has 2 rings (SSSR count). The second kappa shape index (κ2) is 5.32. The van der Waals surface area contributed by atoms with Crippen molar-refractivity contribution in [2.75, 3.05) is 5.32 Å². The molecular weight excluding hydrogens is 228 g/mol. The molecule has 0 radical (unpaired) electrons. The lowest BCUT2D eigenvalue weighted by Crippen LogP contribution is -2.09. The first-order valence-corrected chi connectivity index (χ1v) is 6.83. The maximum Gasteiger partial charge on any atom is 0.0607 e. The second-order valence-electron chi connectivity index (χ2n) is 4.21. The average molecular weight is 246 g/mol. The Bertz CT molecular complexity index is 477. The fourth-order valence-corrected chi connectivity index (χ4v) is 2.75. The summed E-state index contributed by atoms with van der Waals surface area (Å²) in [5.41, 5.74) is 3.27. The number of pyridine rings is 1. The maximum atomic E-state index is 4.48. The van der Waals surface area contributed by atoms with Crippen molar-refractivity contribution in [1.29, 1.82) is 0 Å². The molecule has 0 saturated carbocycles. The fourth-order valence-electron chi connectivity index (χ4n) is 1.89. The van der Waals surface area contributed by atoms with E-state index in [1.54, 1.807) is 11.3 Å². The van der Waals surface area contributed by atoms with Crippen LogP contribution in [0.4, 0.5) is 5.69 Å². The Labute approximate surface area is 107 Å². The predicted octanol–water partition coefficient (Wildman–Crippen LogP) is 4.32. The lowest BCUT2D eigenvalue weighted by molar-refractivity contribution is 0.761. The molecule has 1 unspecified atom stereocenters. The van der Waals surface area contributed by atoms with E-state index in [1.165, 1.54) is 4.88 Å². The zero-order chi connectivity index (χ0) is 12.3. The van der Waals surface area contributed by atoms with Gasteiger partial charge in [-0.05, 0) is 43.8 Å². The van der Waals surface area contributed by atoms with Gasteiger partial charge in [-0.1, -0.05) is 13.0 Å². The molecular formula is C14H18N2S. The van der Waals surface area contributed by atoms with Gasteiger partial charge >= 0.3 is 0 Å². The molecule has 1 N–H and O–H groups in total. The summed E-state index contributed by atoms with van der Waals surface area (Å²) in [7, 11) is 0. The van der Waals surface area contributed by atoms with Crippen LogP contribution in [0.25, 0.3) is 0 Å². The first-order valence-electron chi connectivity index (χ1n) is 5.95. The van der Waals surface area contributed by atoms with Crippen molar-refractivity contribution < 1.29 is 0 Å². The SMILES string of the molecule is CCC(Nc1ccc(C)nc1C)c1cccs1. The summed E-state index contributed by atoms with van der Waals surface area (Å²) >= 11 is 1.80. The van der Waals surface area contributed by atoms with E-state index in [2.05, 4.69) is 53.8 Å². The van der Waals surface area contributed by atoms with Crippen LogP contribution in [0.2, 0.25) is 0 Å². The zero-order valence-corrected chi connectivity index (χ0v) is 11.3. The molecule has 0 aliphatic rings. The van der Waals surface area contributed by atoms with Crippen LogP contribution in [0.3, 0.4) is 0 Å². The molecule has 0 fully saturated rings. The van der Waals surface area contributed by atoms with Crippen LogP contribution in [0.1, 0.15) is 35.7 Å². The zero-order valence-electron chi connectivity index (χ0n) is 10.5. The number of anilines is 1. The van der Waals surface area contributed by atoms with Gasteiger partial charge in [0.05, 0.1) is 17.4 Å². The summed E-state index contributed by atoms with van der Waals surface area (Å²) in [4.78, 5) is 5.87. The van der Waals surface area contributed by atoms with Gasteiger partial charge in [-0.25, -0.2) is 0 Å². The normalized spacial score (nSPS) is 12.4. The number of hydrogen-bond donors (Lipinski definition) is 1. The Morgan fingerprint density at radius 1 is 1.29 bits per heavy atom. The smallest absolute Gasteiger partial charge is 0.0607 e. The fraction of sp³-hybridized carbons (Fsp3) is 0.357. The number of aromatic nitrogens is 1. The molecule has 0 spiro atoms. The Balaban J connectivity index is 2.19. The summed E-state index contributed by atoms with van der Waals surface area (Å²) in [6.07, 6.45) is 1.08. The van der Waals surface area contributed by atoms with Gasteiger partial charge < -0.3 is 5.32 Å². The highest BCUT2D eigenvalue weighted by Gasteiger charge is 2.11. The molecule has 1 atom stereocenters. The molecule has 2 aromatic rings. The highest BCUT2D eigenvalue weighted by molar-refractivity contribution is 7.10. The van der Waals surface area contributed by atoms with Crippen molar-refractivity contribution in [3.05, 3.63) is 45.9 Å². The summed E-state index contributed by atoms with van der Waals surface area (Å²) in [5, 5.41) is 5.70. The van der Waals surface area contributed by atoms with Gasteiger partial charge in [0.1, 0.15) is 0 Å². The van der Waals surface area contributed by atoms with Crippen LogP contribution < -0.4 is 5.32 Å². The summed E-state index contributed by atoms with van der Waals surface area (Å²) < 4.78 is 0. The summed E-state index contributed by atoms with van der Waals surface area (Å²) in [5.74, 6) is 0. The van der Waals surface area contributed by atoms with E-state index in [1.807, 2.05) is 6.92 Å². The van der Waals surface area contributed by atoms with Gasteiger partial charge in [0, 0.05) is 10.6 Å². The number of thiophene rings is 1. The third-order valence-corrected chi connectivity index (χ3v) is 3.84. The molecule has 0 bridgehead atoms. The number of hydrogen-bond acceptors (Lipinski definition) is 3. The topological polar surface area (TPSA) is 24.9 Å². The van der Waals surface area contributed by atoms with Crippen LogP contribution in [0.15, 0.2) is 29.6 Å². The maximum absolute atomic E-state index is 4.48. The van der Waals surface area contributed by atoms with Crippen LogP contribution >= 0.6 is 11.3 Å². The Hall–Kier alpha value is -1.35.